The zero-order valence-corrected chi connectivity index (χ0v) is 10.4. The SMILES string of the molecule is C[C@]1(O)CCCN(c2ncc3cnccc3n2)C1. The van der Waals surface area contributed by atoms with Crippen LogP contribution in [0, 0.1) is 0 Å². The zero-order valence-electron chi connectivity index (χ0n) is 10.4. The molecule has 3 rings (SSSR count). The van der Waals surface area contributed by atoms with Crippen molar-refractivity contribution in [3.8, 4) is 0 Å². The van der Waals surface area contributed by atoms with Gasteiger partial charge in [0.1, 0.15) is 0 Å². The summed E-state index contributed by atoms with van der Waals surface area (Å²) >= 11 is 0. The zero-order chi connectivity index (χ0) is 12.6. The molecule has 5 heteroatoms. The summed E-state index contributed by atoms with van der Waals surface area (Å²) < 4.78 is 0. The Kier molecular flexibility index (Phi) is 2.63. The summed E-state index contributed by atoms with van der Waals surface area (Å²) in [5.74, 6) is 0.689. The Labute approximate surface area is 106 Å². The first kappa shape index (κ1) is 11.3. The number of nitrogens with zero attached hydrogens (tertiary/aromatic N) is 4. The minimum absolute atomic E-state index is 0.587. The smallest absolute Gasteiger partial charge is 0.225 e. The first-order valence-corrected chi connectivity index (χ1v) is 6.18. The van der Waals surface area contributed by atoms with Gasteiger partial charge in [0, 0.05) is 37.1 Å². The number of pyridine rings is 1. The van der Waals surface area contributed by atoms with E-state index in [-0.39, 0.29) is 0 Å². The van der Waals surface area contributed by atoms with Gasteiger partial charge in [0.15, 0.2) is 0 Å². The Bertz CT molecular complexity index is 570. The Hall–Kier alpha value is -1.75. The fourth-order valence-electron chi connectivity index (χ4n) is 2.41. The van der Waals surface area contributed by atoms with E-state index in [1.165, 1.54) is 0 Å². The van der Waals surface area contributed by atoms with Crippen molar-refractivity contribution in [1.29, 1.82) is 0 Å². The Morgan fingerprint density at radius 3 is 3.11 bits per heavy atom. The van der Waals surface area contributed by atoms with Crippen LogP contribution in [0.25, 0.3) is 10.9 Å². The molecule has 0 radical (unpaired) electrons. The molecule has 1 N–H and O–H groups in total. The van der Waals surface area contributed by atoms with Crippen LogP contribution < -0.4 is 4.90 Å². The summed E-state index contributed by atoms with van der Waals surface area (Å²) in [7, 11) is 0. The molecule has 1 saturated heterocycles. The molecule has 0 spiro atoms. The van der Waals surface area contributed by atoms with Gasteiger partial charge in [0.25, 0.3) is 0 Å². The number of hydrogen-bond acceptors (Lipinski definition) is 5. The predicted molar refractivity (Wildman–Crippen MR) is 69.4 cm³/mol. The second kappa shape index (κ2) is 4.17. The van der Waals surface area contributed by atoms with Crippen LogP contribution in [-0.2, 0) is 0 Å². The van der Waals surface area contributed by atoms with Crippen molar-refractivity contribution in [2.75, 3.05) is 18.0 Å². The minimum Gasteiger partial charge on any atom is -0.388 e. The summed E-state index contributed by atoms with van der Waals surface area (Å²) in [5, 5.41) is 11.0. The normalized spacial score (nSPS) is 24.4. The van der Waals surface area contributed by atoms with Crippen molar-refractivity contribution in [2.24, 2.45) is 0 Å². The molecule has 94 valence electrons. The fraction of sp³-hybridized carbons (Fsp3) is 0.462. The monoisotopic (exact) mass is 244 g/mol. The molecule has 1 atom stereocenters. The number of aromatic nitrogens is 3. The van der Waals surface area contributed by atoms with Crippen molar-refractivity contribution in [2.45, 2.75) is 25.4 Å². The van der Waals surface area contributed by atoms with Crippen LogP contribution >= 0.6 is 0 Å². The molecule has 1 aliphatic rings. The van der Waals surface area contributed by atoms with Crippen LogP contribution in [0.5, 0.6) is 0 Å². The highest BCUT2D eigenvalue weighted by Gasteiger charge is 2.29. The van der Waals surface area contributed by atoms with Crippen molar-refractivity contribution in [1.82, 2.24) is 15.0 Å². The average molecular weight is 244 g/mol. The molecular formula is C13H16N4O. The van der Waals surface area contributed by atoms with E-state index in [0.717, 1.165) is 30.3 Å². The van der Waals surface area contributed by atoms with Gasteiger partial charge in [-0.15, -0.1) is 0 Å². The van der Waals surface area contributed by atoms with E-state index in [0.29, 0.717) is 12.5 Å². The first-order valence-electron chi connectivity index (χ1n) is 6.18. The molecule has 0 amide bonds. The molecule has 5 nitrogen and oxygen atoms in total. The van der Waals surface area contributed by atoms with Crippen LogP contribution in [0.3, 0.4) is 0 Å². The Balaban J connectivity index is 1.94. The van der Waals surface area contributed by atoms with Crippen molar-refractivity contribution in [3.63, 3.8) is 0 Å². The predicted octanol–water partition coefficient (Wildman–Crippen LogP) is 1.38. The van der Waals surface area contributed by atoms with Gasteiger partial charge in [-0.05, 0) is 25.8 Å². The maximum absolute atomic E-state index is 10.1. The first-order chi connectivity index (χ1) is 8.64. The van der Waals surface area contributed by atoms with Gasteiger partial charge in [-0.3, -0.25) is 4.98 Å². The minimum atomic E-state index is -0.644. The Morgan fingerprint density at radius 1 is 1.39 bits per heavy atom. The molecule has 1 aliphatic heterocycles. The molecule has 1 fully saturated rings. The van der Waals surface area contributed by atoms with Gasteiger partial charge in [-0.25, -0.2) is 9.97 Å². The van der Waals surface area contributed by atoms with Crippen LogP contribution in [0.4, 0.5) is 5.95 Å². The number of aliphatic hydroxyl groups is 1. The number of anilines is 1. The van der Waals surface area contributed by atoms with Crippen LogP contribution in [0.15, 0.2) is 24.7 Å². The van der Waals surface area contributed by atoms with E-state index in [4.69, 9.17) is 0 Å². The molecule has 2 aromatic heterocycles. The summed E-state index contributed by atoms with van der Waals surface area (Å²) in [5.41, 5.74) is 0.245. The van der Waals surface area contributed by atoms with Crippen LogP contribution in [0.1, 0.15) is 19.8 Å². The molecule has 3 heterocycles. The summed E-state index contributed by atoms with van der Waals surface area (Å²) in [6.07, 6.45) is 7.07. The molecular weight excluding hydrogens is 228 g/mol. The number of fused-ring (bicyclic) bond motifs is 1. The van der Waals surface area contributed by atoms with Crippen LogP contribution in [-0.4, -0.2) is 38.7 Å². The fourth-order valence-corrected chi connectivity index (χ4v) is 2.41. The van der Waals surface area contributed by atoms with Gasteiger partial charge in [0.2, 0.25) is 5.95 Å². The number of β-amino-alcohol motifs (C(OH)–C–C–N with tert-alkyl or cyclic N) is 1. The maximum atomic E-state index is 10.1. The lowest BCUT2D eigenvalue weighted by Crippen LogP contribution is -2.46. The van der Waals surface area contributed by atoms with E-state index in [9.17, 15) is 5.11 Å². The van der Waals surface area contributed by atoms with Gasteiger partial charge in [-0.1, -0.05) is 0 Å². The third kappa shape index (κ3) is 2.13. The second-order valence-electron chi connectivity index (χ2n) is 5.13. The standard InChI is InChI=1S/C13H16N4O/c1-13(18)4-2-6-17(9-13)12-15-8-10-7-14-5-3-11(10)16-12/h3,5,7-8,18H,2,4,6,9H2,1H3/t13-/m0/s1. The molecule has 0 unspecified atom stereocenters. The van der Waals surface area contributed by atoms with Crippen molar-refractivity contribution < 1.29 is 5.11 Å². The third-order valence-electron chi connectivity index (χ3n) is 3.33. The highest BCUT2D eigenvalue weighted by Crippen LogP contribution is 2.24. The lowest BCUT2D eigenvalue weighted by atomic mass is 9.95. The quantitative estimate of drug-likeness (QED) is 0.821. The van der Waals surface area contributed by atoms with E-state index in [1.807, 2.05) is 17.9 Å². The molecule has 2 aromatic rings. The third-order valence-corrected chi connectivity index (χ3v) is 3.33. The lowest BCUT2D eigenvalue weighted by molar-refractivity contribution is 0.0445. The highest BCUT2D eigenvalue weighted by atomic mass is 16.3. The van der Waals surface area contributed by atoms with E-state index in [1.54, 1.807) is 18.6 Å². The van der Waals surface area contributed by atoms with Crippen molar-refractivity contribution in [3.05, 3.63) is 24.7 Å². The summed E-state index contributed by atoms with van der Waals surface area (Å²) in [6.45, 7) is 3.35. The second-order valence-corrected chi connectivity index (χ2v) is 5.13. The van der Waals surface area contributed by atoms with Gasteiger partial charge in [-0.2, -0.15) is 0 Å². The highest BCUT2D eigenvalue weighted by molar-refractivity contribution is 5.77. The average Bonchev–Trinajstić information content (AvgIpc) is 2.37. The number of rotatable bonds is 1. The summed E-state index contributed by atoms with van der Waals surface area (Å²) in [6, 6.07) is 1.88. The number of piperidine rings is 1. The molecule has 0 saturated carbocycles. The van der Waals surface area contributed by atoms with Gasteiger partial charge >= 0.3 is 0 Å². The Morgan fingerprint density at radius 2 is 2.28 bits per heavy atom. The molecule has 0 bridgehead atoms. The van der Waals surface area contributed by atoms with E-state index in [2.05, 4.69) is 15.0 Å². The molecule has 18 heavy (non-hydrogen) atoms. The molecule has 0 aliphatic carbocycles. The van der Waals surface area contributed by atoms with E-state index >= 15 is 0 Å². The topological polar surface area (TPSA) is 62.1 Å². The van der Waals surface area contributed by atoms with Crippen molar-refractivity contribution >= 4 is 16.9 Å². The van der Waals surface area contributed by atoms with Crippen LogP contribution in [0.2, 0.25) is 0 Å². The maximum Gasteiger partial charge on any atom is 0.225 e. The van der Waals surface area contributed by atoms with E-state index < -0.39 is 5.60 Å². The molecule has 0 aromatic carbocycles. The largest absolute Gasteiger partial charge is 0.388 e. The number of hydrogen-bond donors (Lipinski definition) is 1. The summed E-state index contributed by atoms with van der Waals surface area (Å²) in [4.78, 5) is 15.0. The lowest BCUT2D eigenvalue weighted by Gasteiger charge is -2.36. The van der Waals surface area contributed by atoms with Gasteiger partial charge in [0.05, 0.1) is 11.1 Å². The van der Waals surface area contributed by atoms with Gasteiger partial charge < -0.3 is 10.0 Å².